The monoisotopic (exact) mass is 452 g/mol. The van der Waals surface area contributed by atoms with Crippen molar-refractivity contribution in [2.75, 3.05) is 13.2 Å². The van der Waals surface area contributed by atoms with Crippen LogP contribution in [0.2, 0.25) is 0 Å². The van der Waals surface area contributed by atoms with Gasteiger partial charge in [0.2, 0.25) is 5.91 Å². The topological polar surface area (TPSA) is 105 Å². The molecule has 2 atom stereocenters. The van der Waals surface area contributed by atoms with Gasteiger partial charge in [0.15, 0.2) is 0 Å². The molecule has 0 saturated heterocycles. The van der Waals surface area contributed by atoms with E-state index in [1.165, 1.54) is 0 Å². The molecule has 1 unspecified atom stereocenters. The van der Waals surface area contributed by atoms with Gasteiger partial charge >= 0.3 is 12.1 Å². The van der Waals surface area contributed by atoms with Crippen molar-refractivity contribution in [1.29, 1.82) is 0 Å². The van der Waals surface area contributed by atoms with Crippen LogP contribution in [0.15, 0.2) is 48.5 Å². The number of hydrogen-bond donors (Lipinski definition) is 3. The van der Waals surface area contributed by atoms with E-state index in [2.05, 4.69) is 34.9 Å². The molecule has 7 heteroatoms. The van der Waals surface area contributed by atoms with Crippen LogP contribution in [0.5, 0.6) is 0 Å². The Balaban J connectivity index is 1.53. The van der Waals surface area contributed by atoms with E-state index in [4.69, 9.17) is 9.84 Å². The number of ether oxygens (including phenoxy) is 1. The number of carbonyl (C=O) groups excluding carboxylic acids is 2. The minimum atomic E-state index is -0.888. The molecule has 1 aliphatic rings. The molecule has 3 rings (SSSR count). The van der Waals surface area contributed by atoms with Gasteiger partial charge in [0.1, 0.15) is 6.61 Å². The van der Waals surface area contributed by atoms with Crippen LogP contribution in [0.25, 0.3) is 11.1 Å². The van der Waals surface area contributed by atoms with Crippen LogP contribution in [0.4, 0.5) is 4.79 Å². The van der Waals surface area contributed by atoms with E-state index in [-0.39, 0.29) is 37.3 Å². The Hall–Kier alpha value is -3.35. The van der Waals surface area contributed by atoms with E-state index >= 15 is 0 Å². The highest BCUT2D eigenvalue weighted by Crippen LogP contribution is 2.44. The van der Waals surface area contributed by atoms with Crippen molar-refractivity contribution in [2.24, 2.45) is 11.8 Å². The van der Waals surface area contributed by atoms with E-state index in [1.54, 1.807) is 6.92 Å². The lowest BCUT2D eigenvalue weighted by atomic mass is 9.98. The van der Waals surface area contributed by atoms with Gasteiger partial charge in [0, 0.05) is 24.9 Å². The zero-order valence-corrected chi connectivity index (χ0v) is 19.3. The first-order chi connectivity index (χ1) is 15.8. The number of carbonyl (C=O) groups is 3. The molecule has 0 aromatic heterocycles. The summed E-state index contributed by atoms with van der Waals surface area (Å²) in [7, 11) is 0. The first-order valence-corrected chi connectivity index (χ1v) is 11.4. The lowest BCUT2D eigenvalue weighted by Gasteiger charge is -2.22. The Bertz CT molecular complexity index is 958. The van der Waals surface area contributed by atoms with Crippen LogP contribution < -0.4 is 10.6 Å². The average molecular weight is 453 g/mol. The molecule has 0 radical (unpaired) electrons. The number of hydrogen-bond acceptors (Lipinski definition) is 4. The highest BCUT2D eigenvalue weighted by atomic mass is 16.5. The zero-order valence-electron chi connectivity index (χ0n) is 19.3. The number of carboxylic acid groups (broad SMARTS) is 1. The maximum atomic E-state index is 12.6. The van der Waals surface area contributed by atoms with E-state index in [1.807, 2.05) is 38.1 Å². The summed E-state index contributed by atoms with van der Waals surface area (Å²) in [5, 5.41) is 14.5. The number of fused-ring (bicyclic) bond motifs is 3. The summed E-state index contributed by atoms with van der Waals surface area (Å²) in [4.78, 5) is 35.7. The van der Waals surface area contributed by atoms with Crippen molar-refractivity contribution >= 4 is 18.0 Å². The summed E-state index contributed by atoms with van der Waals surface area (Å²) < 4.78 is 5.59. The highest BCUT2D eigenvalue weighted by molar-refractivity contribution is 5.79. The van der Waals surface area contributed by atoms with E-state index < -0.39 is 24.0 Å². The fourth-order valence-corrected chi connectivity index (χ4v) is 4.07. The molecule has 0 bridgehead atoms. The lowest BCUT2D eigenvalue weighted by Crippen LogP contribution is -2.43. The minimum absolute atomic E-state index is 0.0224. The second kappa shape index (κ2) is 11.0. The molecule has 33 heavy (non-hydrogen) atoms. The van der Waals surface area contributed by atoms with Gasteiger partial charge in [-0.25, -0.2) is 4.79 Å². The van der Waals surface area contributed by atoms with Gasteiger partial charge in [0.05, 0.1) is 5.92 Å². The number of rotatable bonds is 10. The lowest BCUT2D eigenvalue weighted by molar-refractivity contribution is -0.141. The number of benzene rings is 2. The molecule has 2 aromatic rings. The second-order valence-corrected chi connectivity index (χ2v) is 8.90. The Morgan fingerprint density at radius 3 is 2.09 bits per heavy atom. The largest absolute Gasteiger partial charge is 0.481 e. The molecular formula is C26H32N2O5. The first kappa shape index (κ1) is 24.3. The summed E-state index contributed by atoms with van der Waals surface area (Å²) >= 11 is 0. The molecule has 0 saturated carbocycles. The van der Waals surface area contributed by atoms with Crippen molar-refractivity contribution in [2.45, 2.75) is 45.6 Å². The molecule has 3 N–H and O–H groups in total. The summed E-state index contributed by atoms with van der Waals surface area (Å²) in [6.45, 7) is 5.94. The van der Waals surface area contributed by atoms with Crippen molar-refractivity contribution in [1.82, 2.24) is 10.6 Å². The van der Waals surface area contributed by atoms with Gasteiger partial charge in [-0.15, -0.1) is 0 Å². The standard InChI is InChI=1S/C26H32N2O5/c1-16(2)23(14-24(29)27-13-12-17(3)25(30)31)28-26(32)33-15-22-20-10-6-4-8-18(20)19-9-5-7-11-21(19)22/h4-11,16-17,22-23H,12-15H2,1-3H3,(H,27,29)(H,28,32)(H,30,31)/t17?,23-/m1/s1. The van der Waals surface area contributed by atoms with Gasteiger partial charge in [-0.1, -0.05) is 69.3 Å². The number of alkyl carbamates (subject to hydrolysis) is 1. The van der Waals surface area contributed by atoms with Gasteiger partial charge in [-0.3, -0.25) is 9.59 Å². The minimum Gasteiger partial charge on any atom is -0.481 e. The smallest absolute Gasteiger partial charge is 0.407 e. The van der Waals surface area contributed by atoms with Gasteiger partial charge < -0.3 is 20.5 Å². The Labute approximate surface area is 194 Å². The van der Waals surface area contributed by atoms with Crippen LogP contribution in [0.1, 0.15) is 50.7 Å². The number of carboxylic acids is 1. The van der Waals surface area contributed by atoms with E-state index in [9.17, 15) is 14.4 Å². The van der Waals surface area contributed by atoms with Crippen LogP contribution in [-0.4, -0.2) is 42.3 Å². The normalized spacial score (nSPS) is 14.2. The van der Waals surface area contributed by atoms with Crippen molar-refractivity contribution < 1.29 is 24.2 Å². The number of nitrogens with one attached hydrogen (secondary N) is 2. The maximum absolute atomic E-state index is 12.6. The molecule has 1 aliphatic carbocycles. The number of amides is 2. The molecule has 2 aromatic carbocycles. The van der Waals surface area contributed by atoms with Gasteiger partial charge in [-0.2, -0.15) is 0 Å². The van der Waals surface area contributed by atoms with Gasteiger partial charge in [0.25, 0.3) is 0 Å². The quantitative estimate of drug-likeness (QED) is 0.502. The third-order valence-electron chi connectivity index (χ3n) is 6.18. The first-order valence-electron chi connectivity index (χ1n) is 11.4. The van der Waals surface area contributed by atoms with Crippen molar-refractivity contribution in [3.63, 3.8) is 0 Å². The van der Waals surface area contributed by atoms with Crippen LogP contribution in [0.3, 0.4) is 0 Å². The fraction of sp³-hybridized carbons (Fsp3) is 0.423. The van der Waals surface area contributed by atoms with Crippen molar-refractivity contribution in [3.05, 3.63) is 59.7 Å². The zero-order chi connectivity index (χ0) is 24.0. The summed E-state index contributed by atoms with van der Waals surface area (Å²) in [5.74, 6) is -1.65. The predicted molar refractivity (Wildman–Crippen MR) is 126 cm³/mol. The number of aliphatic carboxylic acids is 1. The Morgan fingerprint density at radius 1 is 0.970 bits per heavy atom. The Morgan fingerprint density at radius 2 is 1.55 bits per heavy atom. The summed E-state index contributed by atoms with van der Waals surface area (Å²) in [6.07, 6.45) is -0.0980. The molecule has 7 nitrogen and oxygen atoms in total. The molecule has 0 heterocycles. The molecule has 2 amide bonds. The Kier molecular flexibility index (Phi) is 8.09. The predicted octanol–water partition coefficient (Wildman–Crippen LogP) is 4.17. The molecule has 0 fully saturated rings. The SMILES string of the molecule is CC(CCNC(=O)C[C@@H](NC(=O)OCC1c2ccccc2-c2ccccc21)C(C)C)C(=O)O. The van der Waals surface area contributed by atoms with E-state index in [0.29, 0.717) is 6.42 Å². The molecular weight excluding hydrogens is 420 g/mol. The van der Waals surface area contributed by atoms with Crippen LogP contribution >= 0.6 is 0 Å². The molecule has 0 aliphatic heterocycles. The summed E-state index contributed by atoms with van der Waals surface area (Å²) in [5.41, 5.74) is 4.61. The van der Waals surface area contributed by atoms with Gasteiger partial charge in [-0.05, 0) is 34.6 Å². The highest BCUT2D eigenvalue weighted by Gasteiger charge is 2.29. The molecule has 176 valence electrons. The average Bonchev–Trinajstić information content (AvgIpc) is 3.10. The third kappa shape index (κ3) is 6.12. The van der Waals surface area contributed by atoms with Crippen LogP contribution in [0, 0.1) is 11.8 Å². The van der Waals surface area contributed by atoms with E-state index in [0.717, 1.165) is 22.3 Å². The second-order valence-electron chi connectivity index (χ2n) is 8.90. The summed E-state index contributed by atoms with van der Waals surface area (Å²) in [6, 6.07) is 15.9. The fourth-order valence-electron chi connectivity index (χ4n) is 4.07. The van der Waals surface area contributed by atoms with Crippen molar-refractivity contribution in [3.8, 4) is 11.1 Å². The maximum Gasteiger partial charge on any atom is 0.407 e. The third-order valence-corrected chi connectivity index (χ3v) is 6.18. The molecule has 0 spiro atoms. The van der Waals surface area contributed by atoms with Crippen LogP contribution in [-0.2, 0) is 14.3 Å².